The maximum atomic E-state index is 11.8. The van der Waals surface area contributed by atoms with E-state index in [2.05, 4.69) is 39.5 Å². The van der Waals surface area contributed by atoms with Crippen molar-refractivity contribution in [3.05, 3.63) is 69.7 Å². The Hall–Kier alpha value is -2.27. The Bertz CT molecular complexity index is 877. The molecule has 5 heteroatoms. The summed E-state index contributed by atoms with van der Waals surface area (Å²) in [6, 6.07) is 11.7. The Kier molecular flexibility index (Phi) is 4.04. The van der Waals surface area contributed by atoms with Gasteiger partial charge in [-0.1, -0.05) is 40.2 Å². The largest absolute Gasteiger partial charge is 0.497 e. The Morgan fingerprint density at radius 3 is 2.92 bits per heavy atom. The third-order valence-electron chi connectivity index (χ3n) is 5.12. The molecular weight excluding hydrogens is 382 g/mol. The van der Waals surface area contributed by atoms with Crippen LogP contribution in [-0.4, -0.2) is 18.2 Å². The molecule has 128 valence electrons. The average Bonchev–Trinajstić information content (AvgIpc) is 3.10. The third-order valence-corrected chi connectivity index (χ3v) is 5.57. The van der Waals surface area contributed by atoms with Gasteiger partial charge in [0.2, 0.25) is 0 Å². The van der Waals surface area contributed by atoms with Crippen LogP contribution in [0.2, 0.25) is 0 Å². The van der Waals surface area contributed by atoms with E-state index in [1.807, 2.05) is 24.3 Å². The van der Waals surface area contributed by atoms with Crippen molar-refractivity contribution in [2.24, 2.45) is 5.92 Å². The first-order valence-corrected chi connectivity index (χ1v) is 9.01. The molecule has 0 saturated carbocycles. The molecule has 4 rings (SSSR count). The second-order valence-electron chi connectivity index (χ2n) is 6.47. The Morgan fingerprint density at radius 2 is 2.16 bits per heavy atom. The zero-order chi connectivity index (χ0) is 17.6. The molecule has 0 amide bonds. The molecule has 0 saturated heterocycles. The van der Waals surface area contributed by atoms with E-state index in [1.54, 1.807) is 13.2 Å². The first-order valence-electron chi connectivity index (χ1n) is 8.22. The van der Waals surface area contributed by atoms with Gasteiger partial charge in [0, 0.05) is 10.4 Å². The highest BCUT2D eigenvalue weighted by Crippen LogP contribution is 2.51. The van der Waals surface area contributed by atoms with E-state index in [1.165, 1.54) is 0 Å². The summed E-state index contributed by atoms with van der Waals surface area (Å²) in [6.45, 7) is 0. The molecule has 25 heavy (non-hydrogen) atoms. The number of ether oxygens (including phenoxy) is 1. The summed E-state index contributed by atoms with van der Waals surface area (Å²) in [5.74, 6) is 0.454. The van der Waals surface area contributed by atoms with Crippen LogP contribution in [-0.2, 0) is 0 Å². The van der Waals surface area contributed by atoms with E-state index in [0.29, 0.717) is 11.5 Å². The topological polar surface area (TPSA) is 58.6 Å². The summed E-state index contributed by atoms with van der Waals surface area (Å²) in [7, 11) is 1.66. The minimum atomic E-state index is -0.921. The predicted octanol–water partition coefficient (Wildman–Crippen LogP) is 4.98. The van der Waals surface area contributed by atoms with E-state index in [9.17, 15) is 9.90 Å². The highest BCUT2D eigenvalue weighted by Gasteiger charge is 2.39. The van der Waals surface area contributed by atoms with Crippen LogP contribution >= 0.6 is 15.9 Å². The molecule has 2 aliphatic rings. The standard InChI is InChI=1S/C20H18BrNO3/c1-25-13-5-2-4-11(8-13)18-15-7-3-6-14(15)16-9-12(21)10-17(20(23)24)19(16)22-18/h2-6,8-10,14-15,18,22H,7H2,1H3,(H,23,24)/t14-,15+,18+/m1/s1. The number of fused-ring (bicyclic) bond motifs is 3. The molecule has 3 atom stereocenters. The fourth-order valence-corrected chi connectivity index (χ4v) is 4.47. The van der Waals surface area contributed by atoms with Gasteiger partial charge in [-0.05, 0) is 47.7 Å². The second-order valence-corrected chi connectivity index (χ2v) is 7.39. The number of aromatic carboxylic acids is 1. The van der Waals surface area contributed by atoms with Gasteiger partial charge in [0.25, 0.3) is 0 Å². The summed E-state index contributed by atoms with van der Waals surface area (Å²) in [5, 5.41) is 13.2. The molecule has 0 spiro atoms. The molecule has 0 unspecified atom stereocenters. The van der Waals surface area contributed by atoms with Crippen LogP contribution in [0.4, 0.5) is 5.69 Å². The lowest BCUT2D eigenvalue weighted by atomic mass is 9.76. The number of allylic oxidation sites excluding steroid dienone is 2. The van der Waals surface area contributed by atoms with Crippen LogP contribution in [0.15, 0.2) is 53.0 Å². The quantitative estimate of drug-likeness (QED) is 0.714. The van der Waals surface area contributed by atoms with Gasteiger partial charge < -0.3 is 15.2 Å². The van der Waals surface area contributed by atoms with Crippen molar-refractivity contribution in [2.75, 3.05) is 12.4 Å². The lowest BCUT2D eigenvalue weighted by Crippen LogP contribution is -2.30. The molecule has 2 N–H and O–H groups in total. The normalized spacial score (nSPS) is 23.5. The molecule has 1 heterocycles. The highest BCUT2D eigenvalue weighted by molar-refractivity contribution is 9.10. The number of methoxy groups -OCH3 is 1. The van der Waals surface area contributed by atoms with E-state index in [0.717, 1.165) is 33.5 Å². The van der Waals surface area contributed by atoms with Gasteiger partial charge in [-0.25, -0.2) is 4.79 Å². The first-order chi connectivity index (χ1) is 12.1. The molecular formula is C20H18BrNO3. The zero-order valence-electron chi connectivity index (χ0n) is 13.7. The minimum Gasteiger partial charge on any atom is -0.497 e. The van der Waals surface area contributed by atoms with Crippen molar-refractivity contribution in [3.8, 4) is 5.75 Å². The number of rotatable bonds is 3. The SMILES string of the molecule is COc1cccc([C@@H]2Nc3c(C(=O)O)cc(Br)cc3[C@@H]3C=CC[C@@H]32)c1. The summed E-state index contributed by atoms with van der Waals surface area (Å²) >= 11 is 3.45. The number of carbonyl (C=O) groups is 1. The van der Waals surface area contributed by atoms with Crippen molar-refractivity contribution in [2.45, 2.75) is 18.4 Å². The van der Waals surface area contributed by atoms with Crippen molar-refractivity contribution in [1.29, 1.82) is 0 Å². The van der Waals surface area contributed by atoms with Gasteiger partial charge in [-0.3, -0.25) is 0 Å². The fourth-order valence-electron chi connectivity index (χ4n) is 4.00. The van der Waals surface area contributed by atoms with Crippen molar-refractivity contribution in [3.63, 3.8) is 0 Å². The predicted molar refractivity (Wildman–Crippen MR) is 100 cm³/mol. The van der Waals surface area contributed by atoms with E-state index in [-0.39, 0.29) is 12.0 Å². The number of benzene rings is 2. The molecule has 4 nitrogen and oxygen atoms in total. The maximum absolute atomic E-state index is 11.8. The van der Waals surface area contributed by atoms with Crippen molar-refractivity contribution >= 4 is 27.6 Å². The summed E-state index contributed by atoms with van der Waals surface area (Å²) in [6.07, 6.45) is 5.37. The van der Waals surface area contributed by atoms with Crippen molar-refractivity contribution < 1.29 is 14.6 Å². The monoisotopic (exact) mass is 399 g/mol. The first kappa shape index (κ1) is 16.2. The number of hydrogen-bond acceptors (Lipinski definition) is 3. The zero-order valence-corrected chi connectivity index (χ0v) is 15.3. The summed E-state index contributed by atoms with van der Waals surface area (Å²) in [4.78, 5) is 11.8. The lowest BCUT2D eigenvalue weighted by molar-refractivity contribution is 0.0697. The summed E-state index contributed by atoms with van der Waals surface area (Å²) in [5.41, 5.74) is 3.18. The Labute approximate surface area is 154 Å². The number of anilines is 1. The molecule has 2 aromatic rings. The molecule has 0 bridgehead atoms. The number of hydrogen-bond donors (Lipinski definition) is 2. The number of carboxylic acid groups (broad SMARTS) is 1. The van der Waals surface area contributed by atoms with E-state index in [4.69, 9.17) is 4.74 Å². The fraction of sp³-hybridized carbons (Fsp3) is 0.250. The maximum Gasteiger partial charge on any atom is 0.337 e. The Morgan fingerprint density at radius 1 is 1.32 bits per heavy atom. The summed E-state index contributed by atoms with van der Waals surface area (Å²) < 4.78 is 6.16. The van der Waals surface area contributed by atoms with E-state index >= 15 is 0 Å². The van der Waals surface area contributed by atoms with Gasteiger partial charge in [0.15, 0.2) is 0 Å². The Balaban J connectivity index is 1.85. The number of nitrogens with one attached hydrogen (secondary N) is 1. The van der Waals surface area contributed by atoms with Crippen LogP contribution in [0.1, 0.15) is 39.9 Å². The molecule has 0 aromatic heterocycles. The molecule has 0 fully saturated rings. The molecule has 1 aliphatic carbocycles. The van der Waals surface area contributed by atoms with Crippen LogP contribution in [0, 0.1) is 5.92 Å². The number of halogens is 1. The van der Waals surface area contributed by atoms with Crippen LogP contribution in [0.25, 0.3) is 0 Å². The van der Waals surface area contributed by atoms with Crippen LogP contribution in [0.3, 0.4) is 0 Å². The third kappa shape index (κ3) is 2.72. The average molecular weight is 400 g/mol. The van der Waals surface area contributed by atoms with Gasteiger partial charge in [0.05, 0.1) is 24.4 Å². The number of carboxylic acids is 1. The molecule has 0 radical (unpaired) electrons. The van der Waals surface area contributed by atoms with E-state index < -0.39 is 5.97 Å². The highest BCUT2D eigenvalue weighted by atomic mass is 79.9. The van der Waals surface area contributed by atoms with Gasteiger partial charge in [-0.2, -0.15) is 0 Å². The smallest absolute Gasteiger partial charge is 0.337 e. The minimum absolute atomic E-state index is 0.0434. The van der Waals surface area contributed by atoms with Crippen LogP contribution < -0.4 is 10.1 Å². The van der Waals surface area contributed by atoms with Gasteiger partial charge in [-0.15, -0.1) is 0 Å². The second kappa shape index (κ2) is 6.23. The lowest BCUT2D eigenvalue weighted by Gasteiger charge is -2.38. The van der Waals surface area contributed by atoms with Crippen LogP contribution in [0.5, 0.6) is 5.75 Å². The molecule has 1 aliphatic heterocycles. The van der Waals surface area contributed by atoms with Gasteiger partial charge >= 0.3 is 5.97 Å². The van der Waals surface area contributed by atoms with Crippen molar-refractivity contribution in [1.82, 2.24) is 0 Å². The van der Waals surface area contributed by atoms with Gasteiger partial charge in [0.1, 0.15) is 5.75 Å². The molecule has 2 aromatic carbocycles.